The van der Waals surface area contributed by atoms with Crippen molar-refractivity contribution in [1.29, 1.82) is 0 Å². The molecule has 24 heavy (non-hydrogen) atoms. The van der Waals surface area contributed by atoms with Crippen molar-refractivity contribution in [3.8, 4) is 5.75 Å². The van der Waals surface area contributed by atoms with Crippen molar-refractivity contribution in [2.45, 2.75) is 33.3 Å². The second kappa shape index (κ2) is 9.60. The highest BCUT2D eigenvalue weighted by Crippen LogP contribution is 2.12. The predicted octanol–water partition coefficient (Wildman–Crippen LogP) is 4.65. The number of nitrogens with one attached hydrogen (secondary N) is 1. The number of amides is 1. The summed E-state index contributed by atoms with van der Waals surface area (Å²) in [5, 5.41) is 2.69. The maximum Gasteiger partial charge on any atom is 0.407 e. The Kier molecular flexibility index (Phi) is 7.83. The Bertz CT molecular complexity index is 595. The number of para-hydroxylation sites is 1. The number of benzene rings is 1. The number of carbonyl (C=O) groups excluding carboxylic acids is 1. The Morgan fingerprint density at radius 2 is 1.92 bits per heavy atom. The van der Waals surface area contributed by atoms with Crippen LogP contribution in [0.1, 0.15) is 27.7 Å². The molecule has 0 atom stereocenters. The SMILES string of the molecule is C=C(/C=C(\C=C/C)COc1ccccc1)CNC(=O)OC(C)(C)C. The van der Waals surface area contributed by atoms with Crippen molar-refractivity contribution in [2.24, 2.45) is 0 Å². The number of allylic oxidation sites excluding steroid dienone is 1. The molecule has 0 unspecified atom stereocenters. The highest BCUT2D eigenvalue weighted by molar-refractivity contribution is 5.68. The summed E-state index contributed by atoms with van der Waals surface area (Å²) in [6.07, 6.45) is 5.35. The van der Waals surface area contributed by atoms with Crippen LogP contribution in [0.2, 0.25) is 0 Å². The normalized spacial score (nSPS) is 12.1. The monoisotopic (exact) mass is 329 g/mol. The molecule has 1 N–H and O–H groups in total. The molecule has 0 heterocycles. The van der Waals surface area contributed by atoms with Gasteiger partial charge in [-0.3, -0.25) is 0 Å². The maximum absolute atomic E-state index is 11.7. The molecule has 0 saturated carbocycles. The maximum atomic E-state index is 11.7. The van der Waals surface area contributed by atoms with E-state index in [2.05, 4.69) is 11.9 Å². The first-order valence-electron chi connectivity index (χ1n) is 7.96. The number of carbonyl (C=O) groups is 1. The van der Waals surface area contributed by atoms with E-state index in [1.165, 1.54) is 0 Å². The molecule has 1 aromatic rings. The lowest BCUT2D eigenvalue weighted by Crippen LogP contribution is -2.33. The molecule has 1 aromatic carbocycles. The number of alkyl carbamates (subject to hydrolysis) is 1. The Morgan fingerprint density at radius 3 is 2.50 bits per heavy atom. The van der Waals surface area contributed by atoms with Gasteiger partial charge in [0.25, 0.3) is 0 Å². The first-order valence-corrected chi connectivity index (χ1v) is 7.96. The third-order valence-corrected chi connectivity index (χ3v) is 2.78. The molecule has 0 fully saturated rings. The highest BCUT2D eigenvalue weighted by atomic mass is 16.6. The molecule has 0 aliphatic carbocycles. The van der Waals surface area contributed by atoms with E-state index >= 15 is 0 Å². The minimum Gasteiger partial charge on any atom is -0.489 e. The molecular weight excluding hydrogens is 302 g/mol. The summed E-state index contributed by atoms with van der Waals surface area (Å²) in [7, 11) is 0. The summed E-state index contributed by atoms with van der Waals surface area (Å²) in [5.74, 6) is 0.811. The van der Waals surface area contributed by atoms with E-state index < -0.39 is 11.7 Å². The molecule has 0 aromatic heterocycles. The summed E-state index contributed by atoms with van der Waals surface area (Å²) in [4.78, 5) is 11.7. The van der Waals surface area contributed by atoms with Gasteiger partial charge in [-0.15, -0.1) is 0 Å². The van der Waals surface area contributed by atoms with Crippen molar-refractivity contribution in [3.63, 3.8) is 0 Å². The average Bonchev–Trinajstić information content (AvgIpc) is 2.50. The first kappa shape index (κ1) is 19.6. The minimum absolute atomic E-state index is 0.321. The van der Waals surface area contributed by atoms with E-state index in [1.807, 2.05) is 76.3 Å². The van der Waals surface area contributed by atoms with Crippen LogP contribution in [0.25, 0.3) is 0 Å². The van der Waals surface area contributed by atoms with Crippen LogP contribution in [0.3, 0.4) is 0 Å². The van der Waals surface area contributed by atoms with Gasteiger partial charge in [0, 0.05) is 6.54 Å². The number of hydrogen-bond donors (Lipinski definition) is 1. The third kappa shape index (κ3) is 8.83. The summed E-state index contributed by atoms with van der Waals surface area (Å²) < 4.78 is 10.9. The van der Waals surface area contributed by atoms with Gasteiger partial charge in [-0.05, 0) is 51.0 Å². The van der Waals surface area contributed by atoms with E-state index in [-0.39, 0.29) is 0 Å². The molecule has 1 amide bonds. The Morgan fingerprint density at radius 1 is 1.25 bits per heavy atom. The highest BCUT2D eigenvalue weighted by Gasteiger charge is 2.15. The fourth-order valence-corrected chi connectivity index (χ4v) is 1.85. The quantitative estimate of drug-likeness (QED) is 0.741. The van der Waals surface area contributed by atoms with Crippen molar-refractivity contribution < 1.29 is 14.3 Å². The Balaban J connectivity index is 2.54. The van der Waals surface area contributed by atoms with E-state index in [1.54, 1.807) is 0 Å². The van der Waals surface area contributed by atoms with Crippen LogP contribution in [0.15, 0.2) is 66.3 Å². The summed E-state index contributed by atoms with van der Waals surface area (Å²) >= 11 is 0. The molecule has 0 bridgehead atoms. The zero-order valence-electron chi connectivity index (χ0n) is 15.0. The largest absolute Gasteiger partial charge is 0.489 e. The minimum atomic E-state index is -0.513. The topological polar surface area (TPSA) is 47.6 Å². The average molecular weight is 329 g/mol. The second-order valence-electron chi connectivity index (χ2n) is 6.33. The lowest BCUT2D eigenvalue weighted by atomic mass is 10.1. The molecule has 130 valence electrons. The van der Waals surface area contributed by atoms with Gasteiger partial charge in [0.15, 0.2) is 0 Å². The van der Waals surface area contributed by atoms with E-state index in [0.717, 1.165) is 16.9 Å². The van der Waals surface area contributed by atoms with E-state index in [9.17, 15) is 4.79 Å². The van der Waals surface area contributed by atoms with Crippen LogP contribution in [-0.2, 0) is 4.74 Å². The van der Waals surface area contributed by atoms with Gasteiger partial charge in [-0.1, -0.05) is 43.0 Å². The molecule has 0 aliphatic rings. The number of rotatable bonds is 7. The van der Waals surface area contributed by atoms with Crippen LogP contribution in [0.4, 0.5) is 4.79 Å². The molecule has 0 spiro atoms. The second-order valence-corrected chi connectivity index (χ2v) is 6.33. The van der Waals surface area contributed by atoms with Gasteiger partial charge in [-0.2, -0.15) is 0 Å². The van der Waals surface area contributed by atoms with Crippen LogP contribution < -0.4 is 10.1 Å². The summed E-state index contributed by atoms with van der Waals surface area (Å²) in [6.45, 7) is 12.1. The molecule has 0 saturated heterocycles. The van der Waals surface area contributed by atoms with Crippen LogP contribution in [0, 0.1) is 0 Å². The van der Waals surface area contributed by atoms with Gasteiger partial charge in [-0.25, -0.2) is 4.79 Å². The smallest absolute Gasteiger partial charge is 0.407 e. The van der Waals surface area contributed by atoms with Gasteiger partial charge < -0.3 is 14.8 Å². The predicted molar refractivity (Wildman–Crippen MR) is 98.2 cm³/mol. The first-order chi connectivity index (χ1) is 11.3. The fourth-order valence-electron chi connectivity index (χ4n) is 1.85. The Hall–Kier alpha value is -2.49. The molecular formula is C20H27NO3. The number of hydrogen-bond acceptors (Lipinski definition) is 3. The van der Waals surface area contributed by atoms with Crippen molar-refractivity contribution >= 4 is 6.09 Å². The van der Waals surface area contributed by atoms with Crippen LogP contribution in [-0.4, -0.2) is 24.8 Å². The van der Waals surface area contributed by atoms with E-state index in [0.29, 0.717) is 13.2 Å². The molecule has 0 aliphatic heterocycles. The van der Waals surface area contributed by atoms with Crippen LogP contribution in [0.5, 0.6) is 5.75 Å². The lowest BCUT2D eigenvalue weighted by molar-refractivity contribution is 0.0533. The third-order valence-electron chi connectivity index (χ3n) is 2.78. The van der Waals surface area contributed by atoms with Crippen LogP contribution >= 0.6 is 0 Å². The van der Waals surface area contributed by atoms with E-state index in [4.69, 9.17) is 9.47 Å². The summed E-state index contributed by atoms with van der Waals surface area (Å²) in [5.41, 5.74) is 1.23. The van der Waals surface area contributed by atoms with Crippen molar-refractivity contribution in [3.05, 3.63) is 66.3 Å². The molecule has 4 nitrogen and oxygen atoms in total. The van der Waals surface area contributed by atoms with Crippen molar-refractivity contribution in [1.82, 2.24) is 5.32 Å². The summed E-state index contributed by atoms with van der Waals surface area (Å²) in [6, 6.07) is 9.62. The van der Waals surface area contributed by atoms with Gasteiger partial charge in [0.1, 0.15) is 18.0 Å². The number of ether oxygens (including phenoxy) is 2. The zero-order chi connectivity index (χ0) is 18.0. The lowest BCUT2D eigenvalue weighted by Gasteiger charge is -2.19. The zero-order valence-corrected chi connectivity index (χ0v) is 15.0. The Labute approximate surface area is 144 Å². The molecule has 4 heteroatoms. The van der Waals surface area contributed by atoms with Gasteiger partial charge >= 0.3 is 6.09 Å². The van der Waals surface area contributed by atoms with Gasteiger partial charge in [0.05, 0.1) is 0 Å². The van der Waals surface area contributed by atoms with Gasteiger partial charge in [0.2, 0.25) is 0 Å². The molecule has 0 radical (unpaired) electrons. The van der Waals surface area contributed by atoms with Crippen molar-refractivity contribution in [2.75, 3.05) is 13.2 Å². The standard InChI is InChI=1S/C20H27NO3/c1-6-10-17(15-23-18-11-8-7-9-12-18)13-16(2)14-21-19(22)24-20(3,4)5/h6-13H,2,14-15H2,1,3-5H3,(H,21,22)/b10-6-,17-13+. The molecule has 1 rings (SSSR count). The fraction of sp³-hybridized carbons (Fsp3) is 0.350.